The highest BCUT2D eigenvalue weighted by Gasteiger charge is 2.07. The average molecular weight is 389 g/mol. The number of amides is 2. The first-order valence-electron chi connectivity index (χ1n) is 9.24. The van der Waals surface area contributed by atoms with E-state index in [0.717, 1.165) is 11.3 Å². The lowest BCUT2D eigenvalue weighted by Crippen LogP contribution is -2.27. The van der Waals surface area contributed by atoms with Gasteiger partial charge < -0.3 is 20.7 Å². The third-order valence-corrected chi connectivity index (χ3v) is 4.21. The molecule has 6 nitrogen and oxygen atoms in total. The molecule has 0 bridgehead atoms. The van der Waals surface area contributed by atoms with Crippen LogP contribution in [0.25, 0.3) is 0 Å². The Kier molecular flexibility index (Phi) is 6.97. The number of ether oxygens (including phenoxy) is 1. The fourth-order valence-corrected chi connectivity index (χ4v) is 2.74. The van der Waals surface area contributed by atoms with Crippen LogP contribution in [0.3, 0.4) is 0 Å². The zero-order valence-electron chi connectivity index (χ0n) is 16.1. The van der Waals surface area contributed by atoms with E-state index in [1.165, 1.54) is 0 Å². The number of rotatable bonds is 8. The van der Waals surface area contributed by atoms with Crippen molar-refractivity contribution in [2.45, 2.75) is 6.54 Å². The lowest BCUT2D eigenvalue weighted by molar-refractivity contribution is -0.115. The molecule has 0 saturated carbocycles. The molecular weight excluding hydrogens is 366 g/mol. The van der Waals surface area contributed by atoms with E-state index in [4.69, 9.17) is 4.74 Å². The molecule has 6 heteroatoms. The van der Waals surface area contributed by atoms with Crippen LogP contribution in [0.4, 0.5) is 11.4 Å². The second kappa shape index (κ2) is 10.1. The van der Waals surface area contributed by atoms with Gasteiger partial charge in [0.1, 0.15) is 5.75 Å². The first kappa shape index (κ1) is 20.1. The molecule has 0 radical (unpaired) electrons. The quantitative estimate of drug-likeness (QED) is 0.549. The van der Waals surface area contributed by atoms with Gasteiger partial charge in [0, 0.05) is 23.5 Å². The molecule has 3 aromatic rings. The van der Waals surface area contributed by atoms with Crippen LogP contribution in [-0.4, -0.2) is 25.5 Å². The monoisotopic (exact) mass is 389 g/mol. The summed E-state index contributed by atoms with van der Waals surface area (Å²) < 4.78 is 5.13. The Morgan fingerprint density at radius 3 is 2.21 bits per heavy atom. The maximum Gasteiger partial charge on any atom is 0.255 e. The highest BCUT2D eigenvalue weighted by molar-refractivity contribution is 6.04. The molecule has 0 aliphatic carbocycles. The molecule has 148 valence electrons. The summed E-state index contributed by atoms with van der Waals surface area (Å²) >= 11 is 0. The van der Waals surface area contributed by atoms with Gasteiger partial charge in [0.15, 0.2) is 0 Å². The number of carbonyl (C=O) groups is 2. The Morgan fingerprint density at radius 2 is 1.52 bits per heavy atom. The zero-order valence-corrected chi connectivity index (χ0v) is 16.1. The molecule has 0 aromatic heterocycles. The van der Waals surface area contributed by atoms with E-state index >= 15 is 0 Å². The van der Waals surface area contributed by atoms with Crippen LogP contribution in [0.5, 0.6) is 5.75 Å². The topological polar surface area (TPSA) is 79.5 Å². The molecule has 29 heavy (non-hydrogen) atoms. The van der Waals surface area contributed by atoms with Crippen molar-refractivity contribution in [2.75, 3.05) is 24.3 Å². The number of benzene rings is 3. The minimum absolute atomic E-state index is 0.162. The van der Waals surface area contributed by atoms with Crippen molar-refractivity contribution in [3.8, 4) is 5.75 Å². The number of nitrogens with one attached hydrogen (secondary N) is 3. The van der Waals surface area contributed by atoms with Gasteiger partial charge >= 0.3 is 0 Å². The van der Waals surface area contributed by atoms with Crippen molar-refractivity contribution in [2.24, 2.45) is 0 Å². The molecular formula is C23H23N3O3. The van der Waals surface area contributed by atoms with E-state index in [2.05, 4.69) is 16.0 Å². The highest BCUT2D eigenvalue weighted by Crippen LogP contribution is 2.16. The average Bonchev–Trinajstić information content (AvgIpc) is 2.75. The normalized spacial score (nSPS) is 10.2. The van der Waals surface area contributed by atoms with E-state index < -0.39 is 0 Å². The molecule has 0 heterocycles. The Bertz CT molecular complexity index is 957. The lowest BCUT2D eigenvalue weighted by Gasteiger charge is -2.10. The molecule has 3 aromatic carbocycles. The van der Waals surface area contributed by atoms with Crippen molar-refractivity contribution >= 4 is 23.2 Å². The fraction of sp³-hybridized carbons (Fsp3) is 0.130. The number of hydrogen-bond acceptors (Lipinski definition) is 4. The first-order valence-corrected chi connectivity index (χ1v) is 9.24. The third kappa shape index (κ3) is 6.19. The van der Waals surface area contributed by atoms with Gasteiger partial charge in [0.2, 0.25) is 5.91 Å². The number of hydrogen-bond donors (Lipinski definition) is 3. The molecule has 0 atom stereocenters. The van der Waals surface area contributed by atoms with E-state index in [1.54, 1.807) is 43.5 Å². The van der Waals surface area contributed by atoms with Crippen molar-refractivity contribution < 1.29 is 14.3 Å². The summed E-state index contributed by atoms with van der Waals surface area (Å²) in [6, 6.07) is 23.7. The Balaban J connectivity index is 1.48. The van der Waals surface area contributed by atoms with Crippen LogP contribution < -0.4 is 20.7 Å². The van der Waals surface area contributed by atoms with Gasteiger partial charge in [-0.15, -0.1) is 0 Å². The Labute approximate surface area is 169 Å². The van der Waals surface area contributed by atoms with Crippen molar-refractivity contribution in [3.63, 3.8) is 0 Å². The van der Waals surface area contributed by atoms with Crippen LogP contribution in [0.2, 0.25) is 0 Å². The Hall–Kier alpha value is -3.64. The number of methoxy groups -OCH3 is 1. The highest BCUT2D eigenvalue weighted by atomic mass is 16.5. The summed E-state index contributed by atoms with van der Waals surface area (Å²) in [5, 5.41) is 8.76. The molecule has 0 fully saturated rings. The second-order valence-electron chi connectivity index (χ2n) is 6.40. The standard InChI is InChI=1S/C23H23N3O3/c1-29-21-12-10-17(11-13-21)15-24-16-22(27)25-19-8-5-9-20(14-19)26-23(28)18-6-3-2-4-7-18/h2-14,24H,15-16H2,1H3,(H,25,27)(H,26,28). The summed E-state index contributed by atoms with van der Waals surface area (Å²) in [5.74, 6) is 0.436. The van der Waals surface area contributed by atoms with Crippen LogP contribution in [0.1, 0.15) is 15.9 Å². The third-order valence-electron chi connectivity index (χ3n) is 4.21. The molecule has 0 aliphatic heterocycles. The van der Waals surface area contributed by atoms with Gasteiger partial charge in [-0.1, -0.05) is 36.4 Å². The summed E-state index contributed by atoms with van der Waals surface area (Å²) in [4.78, 5) is 24.4. The van der Waals surface area contributed by atoms with Gasteiger partial charge in [-0.25, -0.2) is 0 Å². The molecule has 0 unspecified atom stereocenters. The predicted molar refractivity (Wildman–Crippen MR) is 114 cm³/mol. The smallest absolute Gasteiger partial charge is 0.255 e. The summed E-state index contributed by atoms with van der Waals surface area (Å²) in [7, 11) is 1.62. The minimum Gasteiger partial charge on any atom is -0.497 e. The van der Waals surface area contributed by atoms with Gasteiger partial charge in [-0.2, -0.15) is 0 Å². The van der Waals surface area contributed by atoms with Gasteiger partial charge in [0.25, 0.3) is 5.91 Å². The lowest BCUT2D eigenvalue weighted by atomic mass is 10.2. The van der Waals surface area contributed by atoms with E-state index in [0.29, 0.717) is 23.5 Å². The minimum atomic E-state index is -0.199. The molecule has 2 amide bonds. The maximum atomic E-state index is 12.2. The molecule has 0 spiro atoms. The van der Waals surface area contributed by atoms with Crippen molar-refractivity contribution in [3.05, 3.63) is 90.0 Å². The number of carbonyl (C=O) groups excluding carboxylic acids is 2. The van der Waals surface area contributed by atoms with Gasteiger partial charge in [0.05, 0.1) is 13.7 Å². The largest absolute Gasteiger partial charge is 0.497 e. The van der Waals surface area contributed by atoms with Crippen LogP contribution in [0, 0.1) is 0 Å². The SMILES string of the molecule is COc1ccc(CNCC(=O)Nc2cccc(NC(=O)c3ccccc3)c2)cc1. The predicted octanol–water partition coefficient (Wildman–Crippen LogP) is 3.68. The molecule has 0 aliphatic rings. The molecule has 3 N–H and O–H groups in total. The Morgan fingerprint density at radius 1 is 0.828 bits per heavy atom. The summed E-state index contributed by atoms with van der Waals surface area (Å²) in [6.07, 6.45) is 0. The number of anilines is 2. The van der Waals surface area contributed by atoms with Gasteiger partial charge in [-0.3, -0.25) is 9.59 Å². The maximum absolute atomic E-state index is 12.2. The van der Waals surface area contributed by atoms with Crippen LogP contribution >= 0.6 is 0 Å². The van der Waals surface area contributed by atoms with Crippen molar-refractivity contribution in [1.29, 1.82) is 0 Å². The first-order chi connectivity index (χ1) is 14.1. The summed E-state index contributed by atoms with van der Waals surface area (Å²) in [5.41, 5.74) is 2.86. The van der Waals surface area contributed by atoms with E-state index in [1.807, 2.05) is 42.5 Å². The summed E-state index contributed by atoms with van der Waals surface area (Å²) in [6.45, 7) is 0.747. The van der Waals surface area contributed by atoms with E-state index in [-0.39, 0.29) is 18.4 Å². The van der Waals surface area contributed by atoms with Crippen LogP contribution in [0.15, 0.2) is 78.9 Å². The molecule has 3 rings (SSSR count). The fourth-order valence-electron chi connectivity index (χ4n) is 2.74. The van der Waals surface area contributed by atoms with E-state index in [9.17, 15) is 9.59 Å². The second-order valence-corrected chi connectivity index (χ2v) is 6.40. The zero-order chi connectivity index (χ0) is 20.5. The molecule has 0 saturated heterocycles. The van der Waals surface area contributed by atoms with Crippen LogP contribution in [-0.2, 0) is 11.3 Å². The van der Waals surface area contributed by atoms with Crippen molar-refractivity contribution in [1.82, 2.24) is 5.32 Å². The van der Waals surface area contributed by atoms with Gasteiger partial charge in [-0.05, 0) is 48.0 Å².